The van der Waals surface area contributed by atoms with E-state index in [0.29, 0.717) is 19.1 Å². The summed E-state index contributed by atoms with van der Waals surface area (Å²) >= 11 is 0. The Bertz CT molecular complexity index is 278. The Labute approximate surface area is 116 Å². The molecular formula is C13H25ClN2O2. The minimum atomic E-state index is 0. The molecule has 0 aromatic heterocycles. The van der Waals surface area contributed by atoms with Crippen molar-refractivity contribution in [2.45, 2.75) is 51.6 Å². The molecule has 106 valence electrons. The second-order valence-electron chi connectivity index (χ2n) is 5.93. The van der Waals surface area contributed by atoms with Crippen LogP contribution in [0.2, 0.25) is 0 Å². The third kappa shape index (κ3) is 4.11. The average molecular weight is 277 g/mol. The number of amides is 1. The van der Waals surface area contributed by atoms with Gasteiger partial charge in [0.1, 0.15) is 0 Å². The molecule has 2 aliphatic rings. The largest absolute Gasteiger partial charge is 0.378 e. The molecule has 1 aliphatic heterocycles. The zero-order valence-electron chi connectivity index (χ0n) is 11.3. The number of carbonyl (C=O) groups is 1. The summed E-state index contributed by atoms with van der Waals surface area (Å²) in [5, 5.41) is 6.49. The summed E-state index contributed by atoms with van der Waals surface area (Å²) in [7, 11) is 0. The Kier molecular flexibility index (Phi) is 5.89. The number of nitrogens with one attached hydrogen (secondary N) is 2. The van der Waals surface area contributed by atoms with Gasteiger partial charge >= 0.3 is 0 Å². The molecule has 2 atom stereocenters. The molecular weight excluding hydrogens is 252 g/mol. The molecule has 1 saturated carbocycles. The summed E-state index contributed by atoms with van der Waals surface area (Å²) in [5.74, 6) is 0.160. The number of rotatable bonds is 3. The predicted molar refractivity (Wildman–Crippen MR) is 74.0 cm³/mol. The van der Waals surface area contributed by atoms with Crippen molar-refractivity contribution in [3.8, 4) is 0 Å². The van der Waals surface area contributed by atoms with Gasteiger partial charge < -0.3 is 15.4 Å². The smallest absolute Gasteiger partial charge is 0.221 e. The second-order valence-corrected chi connectivity index (χ2v) is 5.93. The minimum Gasteiger partial charge on any atom is -0.378 e. The Morgan fingerprint density at radius 1 is 1.50 bits per heavy atom. The highest BCUT2D eigenvalue weighted by atomic mass is 35.5. The summed E-state index contributed by atoms with van der Waals surface area (Å²) < 4.78 is 5.35. The SMILES string of the molecule is CC1(C)CCCC1NC(=O)CC1COCCN1.Cl. The van der Waals surface area contributed by atoms with Gasteiger partial charge in [0.2, 0.25) is 5.91 Å². The Morgan fingerprint density at radius 2 is 2.28 bits per heavy atom. The van der Waals surface area contributed by atoms with E-state index in [1.54, 1.807) is 0 Å². The van der Waals surface area contributed by atoms with Crippen molar-refractivity contribution < 1.29 is 9.53 Å². The lowest BCUT2D eigenvalue weighted by Crippen LogP contribution is -2.47. The fraction of sp³-hybridized carbons (Fsp3) is 0.923. The fourth-order valence-electron chi connectivity index (χ4n) is 2.82. The van der Waals surface area contributed by atoms with Gasteiger partial charge in [0.25, 0.3) is 0 Å². The predicted octanol–water partition coefficient (Wildman–Crippen LogP) is 1.48. The van der Waals surface area contributed by atoms with Crippen LogP contribution in [0.25, 0.3) is 0 Å². The third-order valence-corrected chi connectivity index (χ3v) is 4.02. The molecule has 1 saturated heterocycles. The summed E-state index contributed by atoms with van der Waals surface area (Å²) in [6, 6.07) is 0.535. The van der Waals surface area contributed by atoms with Gasteiger partial charge in [-0.3, -0.25) is 4.79 Å². The second kappa shape index (κ2) is 6.73. The molecule has 0 spiro atoms. The van der Waals surface area contributed by atoms with Crippen LogP contribution in [0.3, 0.4) is 0 Å². The Morgan fingerprint density at radius 3 is 2.83 bits per heavy atom. The number of halogens is 1. The van der Waals surface area contributed by atoms with Gasteiger partial charge in [-0.05, 0) is 18.3 Å². The summed E-state index contributed by atoms with van der Waals surface area (Å²) in [4.78, 5) is 11.9. The van der Waals surface area contributed by atoms with E-state index < -0.39 is 0 Å². The van der Waals surface area contributed by atoms with Crippen LogP contribution in [0.4, 0.5) is 0 Å². The lowest BCUT2D eigenvalue weighted by molar-refractivity contribution is -0.123. The monoisotopic (exact) mass is 276 g/mol. The third-order valence-electron chi connectivity index (χ3n) is 4.02. The molecule has 0 bridgehead atoms. The lowest BCUT2D eigenvalue weighted by atomic mass is 9.87. The topological polar surface area (TPSA) is 50.4 Å². The number of morpholine rings is 1. The van der Waals surface area contributed by atoms with Crippen molar-refractivity contribution in [1.29, 1.82) is 0 Å². The molecule has 1 heterocycles. The quantitative estimate of drug-likeness (QED) is 0.821. The van der Waals surface area contributed by atoms with Gasteiger partial charge in [-0.15, -0.1) is 12.4 Å². The number of hydrogen-bond donors (Lipinski definition) is 2. The van der Waals surface area contributed by atoms with Crippen LogP contribution in [-0.4, -0.2) is 37.7 Å². The van der Waals surface area contributed by atoms with Gasteiger partial charge in [0, 0.05) is 25.0 Å². The van der Waals surface area contributed by atoms with Crippen molar-refractivity contribution in [2.24, 2.45) is 5.41 Å². The average Bonchev–Trinajstić information content (AvgIpc) is 2.59. The van der Waals surface area contributed by atoms with Crippen molar-refractivity contribution >= 4 is 18.3 Å². The first-order chi connectivity index (χ1) is 8.08. The van der Waals surface area contributed by atoms with Crippen molar-refractivity contribution in [1.82, 2.24) is 10.6 Å². The van der Waals surface area contributed by atoms with Crippen LogP contribution in [0.15, 0.2) is 0 Å². The molecule has 1 aliphatic carbocycles. The molecule has 4 nitrogen and oxygen atoms in total. The van der Waals surface area contributed by atoms with Crippen LogP contribution in [0.5, 0.6) is 0 Å². The van der Waals surface area contributed by atoms with Gasteiger partial charge in [-0.2, -0.15) is 0 Å². The van der Waals surface area contributed by atoms with Crippen LogP contribution >= 0.6 is 12.4 Å². The number of carbonyl (C=O) groups excluding carboxylic acids is 1. The summed E-state index contributed by atoms with van der Waals surface area (Å²) in [6.45, 7) is 6.75. The molecule has 0 aromatic carbocycles. The van der Waals surface area contributed by atoms with Crippen LogP contribution in [0, 0.1) is 5.41 Å². The Balaban J connectivity index is 0.00000162. The highest BCUT2D eigenvalue weighted by Gasteiger charge is 2.35. The van der Waals surface area contributed by atoms with E-state index in [2.05, 4.69) is 24.5 Å². The molecule has 0 aromatic rings. The maximum Gasteiger partial charge on any atom is 0.221 e. The Hall–Kier alpha value is -0.320. The highest BCUT2D eigenvalue weighted by molar-refractivity contribution is 5.85. The summed E-state index contributed by atoms with van der Waals surface area (Å²) in [6.07, 6.45) is 4.09. The number of hydrogen-bond acceptors (Lipinski definition) is 3. The van der Waals surface area contributed by atoms with Crippen LogP contribution < -0.4 is 10.6 Å². The van der Waals surface area contributed by atoms with E-state index in [1.165, 1.54) is 12.8 Å². The van der Waals surface area contributed by atoms with E-state index >= 15 is 0 Å². The first-order valence-electron chi connectivity index (χ1n) is 6.68. The fourth-order valence-corrected chi connectivity index (χ4v) is 2.82. The maximum absolute atomic E-state index is 11.9. The lowest BCUT2D eigenvalue weighted by Gasteiger charge is -2.29. The van der Waals surface area contributed by atoms with Crippen LogP contribution in [0.1, 0.15) is 39.5 Å². The molecule has 2 fully saturated rings. The first kappa shape index (κ1) is 15.7. The zero-order chi connectivity index (χ0) is 12.3. The van der Waals surface area contributed by atoms with Crippen LogP contribution in [-0.2, 0) is 9.53 Å². The first-order valence-corrected chi connectivity index (χ1v) is 6.68. The zero-order valence-corrected chi connectivity index (χ0v) is 12.1. The van der Waals surface area contributed by atoms with Crippen molar-refractivity contribution in [3.63, 3.8) is 0 Å². The van der Waals surface area contributed by atoms with Gasteiger partial charge in [-0.1, -0.05) is 20.3 Å². The minimum absolute atomic E-state index is 0. The molecule has 18 heavy (non-hydrogen) atoms. The van der Waals surface area contributed by atoms with Crippen molar-refractivity contribution in [2.75, 3.05) is 19.8 Å². The maximum atomic E-state index is 11.9. The highest BCUT2D eigenvalue weighted by Crippen LogP contribution is 2.37. The van der Waals surface area contributed by atoms with E-state index in [-0.39, 0.29) is 29.8 Å². The van der Waals surface area contributed by atoms with E-state index in [1.807, 2.05) is 0 Å². The van der Waals surface area contributed by atoms with E-state index in [0.717, 1.165) is 19.6 Å². The molecule has 2 unspecified atom stereocenters. The standard InChI is InChI=1S/C13H24N2O2.ClH/c1-13(2)5-3-4-11(13)15-12(16)8-10-9-17-7-6-14-10;/h10-11,14H,3-9H2,1-2H3,(H,15,16);1H. The normalized spacial score (nSPS) is 30.6. The summed E-state index contributed by atoms with van der Waals surface area (Å²) in [5.41, 5.74) is 0.256. The van der Waals surface area contributed by atoms with Crippen molar-refractivity contribution in [3.05, 3.63) is 0 Å². The van der Waals surface area contributed by atoms with E-state index in [4.69, 9.17) is 4.74 Å². The molecule has 0 radical (unpaired) electrons. The van der Waals surface area contributed by atoms with Gasteiger partial charge in [-0.25, -0.2) is 0 Å². The molecule has 1 amide bonds. The van der Waals surface area contributed by atoms with E-state index in [9.17, 15) is 4.79 Å². The van der Waals surface area contributed by atoms with Gasteiger partial charge in [0.05, 0.1) is 13.2 Å². The molecule has 2 N–H and O–H groups in total. The molecule has 5 heteroatoms. The molecule has 2 rings (SSSR count). The number of ether oxygens (including phenoxy) is 1. The van der Waals surface area contributed by atoms with Gasteiger partial charge in [0.15, 0.2) is 0 Å².